The second kappa shape index (κ2) is 8.08. The van der Waals surface area contributed by atoms with Crippen molar-refractivity contribution in [3.63, 3.8) is 0 Å². The van der Waals surface area contributed by atoms with E-state index in [2.05, 4.69) is 27.7 Å². The molecule has 20 heavy (non-hydrogen) atoms. The normalized spacial score (nSPS) is 11.4. The summed E-state index contributed by atoms with van der Waals surface area (Å²) in [6.07, 6.45) is 5.34. The average molecular weight is 275 g/mol. The van der Waals surface area contributed by atoms with Gasteiger partial charge in [0.2, 0.25) is 5.91 Å². The summed E-state index contributed by atoms with van der Waals surface area (Å²) >= 11 is 0. The fraction of sp³-hybridized carbons (Fsp3) is 0.611. The van der Waals surface area contributed by atoms with Crippen molar-refractivity contribution in [2.75, 3.05) is 11.4 Å². The van der Waals surface area contributed by atoms with Crippen LogP contribution in [-0.4, -0.2) is 12.5 Å². The number of carbonyl (C=O) groups excluding carboxylic acids is 1. The van der Waals surface area contributed by atoms with Gasteiger partial charge in [-0.15, -0.1) is 0 Å². The molecule has 1 aromatic rings. The highest BCUT2D eigenvalue weighted by Gasteiger charge is 2.21. The third kappa shape index (κ3) is 6.23. The quantitative estimate of drug-likeness (QED) is 0.639. The molecule has 112 valence electrons. The Balaban J connectivity index is 2.71. The number of benzene rings is 1. The van der Waals surface area contributed by atoms with Gasteiger partial charge in [-0.2, -0.15) is 0 Å². The summed E-state index contributed by atoms with van der Waals surface area (Å²) in [7, 11) is 0. The molecule has 0 spiro atoms. The maximum Gasteiger partial charge on any atom is 0.227 e. The number of hydrogen-bond donors (Lipinski definition) is 0. The van der Waals surface area contributed by atoms with E-state index >= 15 is 0 Å². The Morgan fingerprint density at radius 2 is 1.70 bits per heavy atom. The van der Waals surface area contributed by atoms with Gasteiger partial charge < -0.3 is 4.90 Å². The molecule has 0 atom stereocenters. The van der Waals surface area contributed by atoms with Gasteiger partial charge in [-0.05, 0) is 24.0 Å². The third-order valence-electron chi connectivity index (χ3n) is 3.29. The van der Waals surface area contributed by atoms with E-state index in [1.165, 1.54) is 19.3 Å². The summed E-state index contributed by atoms with van der Waals surface area (Å²) in [6, 6.07) is 10.0. The molecule has 0 saturated heterocycles. The van der Waals surface area contributed by atoms with Crippen LogP contribution in [-0.2, 0) is 4.79 Å². The highest BCUT2D eigenvalue weighted by Crippen LogP contribution is 2.23. The molecular formula is C18H29NO. The van der Waals surface area contributed by atoms with Crippen molar-refractivity contribution in [3.05, 3.63) is 30.3 Å². The highest BCUT2D eigenvalue weighted by atomic mass is 16.2. The first-order valence-electron chi connectivity index (χ1n) is 7.79. The van der Waals surface area contributed by atoms with Crippen LogP contribution in [0.25, 0.3) is 0 Å². The first kappa shape index (κ1) is 16.7. The van der Waals surface area contributed by atoms with Crippen LogP contribution >= 0.6 is 0 Å². The summed E-state index contributed by atoms with van der Waals surface area (Å²) < 4.78 is 0. The van der Waals surface area contributed by atoms with Crippen LogP contribution in [0.2, 0.25) is 0 Å². The molecule has 0 saturated carbocycles. The van der Waals surface area contributed by atoms with Crippen molar-refractivity contribution < 1.29 is 4.79 Å². The first-order valence-corrected chi connectivity index (χ1v) is 7.79. The van der Waals surface area contributed by atoms with E-state index in [1.807, 2.05) is 35.2 Å². The van der Waals surface area contributed by atoms with E-state index < -0.39 is 0 Å². The Kier molecular flexibility index (Phi) is 6.77. The predicted octanol–water partition coefficient (Wildman–Crippen LogP) is 5.04. The summed E-state index contributed by atoms with van der Waals surface area (Å²) in [5, 5.41) is 0. The highest BCUT2D eigenvalue weighted by molar-refractivity contribution is 5.93. The molecule has 1 amide bonds. The summed E-state index contributed by atoms with van der Waals surface area (Å²) in [4.78, 5) is 14.5. The van der Waals surface area contributed by atoms with E-state index in [0.29, 0.717) is 6.42 Å². The lowest BCUT2D eigenvalue weighted by Crippen LogP contribution is -2.34. The van der Waals surface area contributed by atoms with Crippen molar-refractivity contribution in [3.8, 4) is 0 Å². The number of carbonyl (C=O) groups is 1. The summed E-state index contributed by atoms with van der Waals surface area (Å²) in [5.74, 6) is 0.236. The molecule has 0 radical (unpaired) electrons. The molecule has 0 unspecified atom stereocenters. The van der Waals surface area contributed by atoms with Crippen LogP contribution in [0.4, 0.5) is 5.69 Å². The summed E-state index contributed by atoms with van der Waals surface area (Å²) in [5.41, 5.74) is 1.06. The zero-order valence-electron chi connectivity index (χ0n) is 13.5. The van der Waals surface area contributed by atoms with Crippen LogP contribution in [0, 0.1) is 5.41 Å². The van der Waals surface area contributed by atoms with Gasteiger partial charge in [-0.25, -0.2) is 0 Å². The lowest BCUT2D eigenvalue weighted by Gasteiger charge is -2.27. The predicted molar refractivity (Wildman–Crippen MR) is 87.0 cm³/mol. The minimum absolute atomic E-state index is 0.0353. The van der Waals surface area contributed by atoms with E-state index in [0.717, 1.165) is 18.7 Å². The third-order valence-corrected chi connectivity index (χ3v) is 3.29. The average Bonchev–Trinajstić information content (AvgIpc) is 2.37. The summed E-state index contributed by atoms with van der Waals surface area (Å²) in [6.45, 7) is 9.39. The Labute approximate surface area is 124 Å². The van der Waals surface area contributed by atoms with Crippen LogP contribution < -0.4 is 4.90 Å². The van der Waals surface area contributed by atoms with E-state index in [4.69, 9.17) is 0 Å². The van der Waals surface area contributed by atoms with Crippen molar-refractivity contribution in [1.82, 2.24) is 0 Å². The number of rotatable bonds is 7. The van der Waals surface area contributed by atoms with Crippen LogP contribution in [0.1, 0.15) is 59.8 Å². The van der Waals surface area contributed by atoms with Crippen LogP contribution in [0.5, 0.6) is 0 Å². The van der Waals surface area contributed by atoms with Gasteiger partial charge in [0.1, 0.15) is 0 Å². The Bertz CT molecular complexity index is 392. The second-order valence-corrected chi connectivity index (χ2v) is 6.68. The smallest absolute Gasteiger partial charge is 0.227 e. The fourth-order valence-electron chi connectivity index (χ4n) is 2.25. The second-order valence-electron chi connectivity index (χ2n) is 6.68. The SMILES string of the molecule is CCCCCCN(C(=O)CC(C)(C)C)c1ccccc1. The van der Waals surface area contributed by atoms with Crippen molar-refractivity contribution in [2.45, 2.75) is 59.8 Å². The van der Waals surface area contributed by atoms with Crippen molar-refractivity contribution in [2.24, 2.45) is 5.41 Å². The Morgan fingerprint density at radius 1 is 1.05 bits per heavy atom. The fourth-order valence-corrected chi connectivity index (χ4v) is 2.25. The number of anilines is 1. The maximum absolute atomic E-state index is 12.5. The minimum atomic E-state index is 0.0353. The van der Waals surface area contributed by atoms with Gasteiger partial charge in [0, 0.05) is 18.7 Å². The van der Waals surface area contributed by atoms with Gasteiger partial charge in [0.25, 0.3) is 0 Å². The zero-order valence-corrected chi connectivity index (χ0v) is 13.5. The first-order chi connectivity index (χ1) is 9.44. The molecule has 0 aromatic heterocycles. The van der Waals surface area contributed by atoms with E-state index in [1.54, 1.807) is 0 Å². The molecule has 0 fully saturated rings. The number of hydrogen-bond acceptors (Lipinski definition) is 1. The standard InChI is InChI=1S/C18H29NO/c1-5-6-7-11-14-19(16-12-9-8-10-13-16)17(20)15-18(2,3)4/h8-10,12-13H,5-7,11,14-15H2,1-4H3. The maximum atomic E-state index is 12.5. The monoisotopic (exact) mass is 275 g/mol. The van der Waals surface area contributed by atoms with Gasteiger partial charge in [-0.1, -0.05) is 65.2 Å². The topological polar surface area (TPSA) is 20.3 Å². The number of unbranched alkanes of at least 4 members (excludes halogenated alkanes) is 3. The van der Waals surface area contributed by atoms with Gasteiger partial charge in [0.15, 0.2) is 0 Å². The number of nitrogens with zero attached hydrogens (tertiary/aromatic N) is 1. The molecule has 0 bridgehead atoms. The lowest BCUT2D eigenvalue weighted by molar-refractivity contribution is -0.120. The molecule has 1 rings (SSSR count). The molecule has 2 heteroatoms. The van der Waals surface area contributed by atoms with Crippen molar-refractivity contribution >= 4 is 11.6 Å². The Morgan fingerprint density at radius 3 is 2.25 bits per heavy atom. The van der Waals surface area contributed by atoms with Crippen molar-refractivity contribution in [1.29, 1.82) is 0 Å². The van der Waals surface area contributed by atoms with Gasteiger partial charge in [-0.3, -0.25) is 4.79 Å². The molecule has 0 aliphatic heterocycles. The lowest BCUT2D eigenvalue weighted by atomic mass is 9.91. The molecule has 0 aliphatic carbocycles. The zero-order chi connectivity index (χ0) is 15.0. The Hall–Kier alpha value is -1.31. The van der Waals surface area contributed by atoms with E-state index in [9.17, 15) is 4.79 Å². The largest absolute Gasteiger partial charge is 0.312 e. The minimum Gasteiger partial charge on any atom is -0.312 e. The van der Waals surface area contributed by atoms with E-state index in [-0.39, 0.29) is 11.3 Å². The molecule has 0 heterocycles. The van der Waals surface area contributed by atoms with Crippen LogP contribution in [0.15, 0.2) is 30.3 Å². The van der Waals surface area contributed by atoms with Crippen LogP contribution in [0.3, 0.4) is 0 Å². The molecular weight excluding hydrogens is 246 g/mol. The number of amides is 1. The number of para-hydroxylation sites is 1. The molecule has 2 nitrogen and oxygen atoms in total. The van der Waals surface area contributed by atoms with Gasteiger partial charge in [0.05, 0.1) is 0 Å². The van der Waals surface area contributed by atoms with Gasteiger partial charge >= 0.3 is 0 Å². The molecule has 0 aliphatic rings. The molecule has 0 N–H and O–H groups in total. The molecule has 1 aromatic carbocycles.